The first-order valence-corrected chi connectivity index (χ1v) is 13.1. The molecule has 0 radical (unpaired) electrons. The Morgan fingerprint density at radius 3 is 2.44 bits per heavy atom. The smallest absolute Gasteiger partial charge is 0.230 e. The summed E-state index contributed by atoms with van der Waals surface area (Å²) in [6, 6.07) is 6.52. The van der Waals surface area contributed by atoms with Crippen molar-refractivity contribution in [3.63, 3.8) is 0 Å². The minimum Gasteiger partial charge on any atom is -0.390 e. The average molecular weight is 469 g/mol. The molecule has 2 amide bonds. The lowest BCUT2D eigenvalue weighted by Gasteiger charge is -2.58. The van der Waals surface area contributed by atoms with Crippen molar-refractivity contribution in [2.75, 3.05) is 26.3 Å². The molecule has 0 aromatic heterocycles. The van der Waals surface area contributed by atoms with Crippen molar-refractivity contribution < 1.29 is 19.4 Å². The molecule has 4 bridgehead atoms. The van der Waals surface area contributed by atoms with E-state index in [1.165, 1.54) is 0 Å². The topological polar surface area (TPSA) is 78.9 Å². The Balaban J connectivity index is 1.25. The Morgan fingerprint density at radius 1 is 1.12 bits per heavy atom. The van der Waals surface area contributed by atoms with Crippen LogP contribution in [0, 0.1) is 24.7 Å². The lowest BCUT2D eigenvalue weighted by molar-refractivity contribution is -0.148. The molecule has 5 aliphatic rings. The predicted molar refractivity (Wildman–Crippen MR) is 130 cm³/mol. The van der Waals surface area contributed by atoms with Crippen LogP contribution in [0.15, 0.2) is 18.2 Å². The molecule has 6 rings (SSSR count). The predicted octanol–water partition coefficient (Wildman–Crippen LogP) is 3.12. The summed E-state index contributed by atoms with van der Waals surface area (Å²) >= 11 is 0. The summed E-state index contributed by atoms with van der Waals surface area (Å²) in [6.45, 7) is 8.65. The highest BCUT2D eigenvalue weighted by atomic mass is 16.5. The highest BCUT2D eigenvalue weighted by Crippen LogP contribution is 2.55. The maximum Gasteiger partial charge on any atom is 0.230 e. The number of nitrogens with zero attached hydrogens (tertiary/aromatic N) is 1. The number of amides is 2. The van der Waals surface area contributed by atoms with E-state index in [-0.39, 0.29) is 17.9 Å². The van der Waals surface area contributed by atoms with Gasteiger partial charge in [-0.3, -0.25) is 9.59 Å². The van der Waals surface area contributed by atoms with Gasteiger partial charge in [0.2, 0.25) is 11.8 Å². The average Bonchev–Trinajstić information content (AvgIpc) is 2.78. The number of hydrogen-bond donors (Lipinski definition) is 2. The van der Waals surface area contributed by atoms with Crippen LogP contribution in [0.25, 0.3) is 0 Å². The maximum atomic E-state index is 13.6. The van der Waals surface area contributed by atoms with Crippen LogP contribution in [0.4, 0.5) is 0 Å². The Hall–Kier alpha value is -1.92. The molecule has 0 spiro atoms. The van der Waals surface area contributed by atoms with Crippen LogP contribution in [0.1, 0.15) is 69.1 Å². The summed E-state index contributed by atoms with van der Waals surface area (Å²) in [5.41, 5.74) is 2.07. The summed E-state index contributed by atoms with van der Waals surface area (Å²) in [7, 11) is 0. The number of nitrogens with one attached hydrogen (secondary N) is 1. The number of morpholine rings is 1. The number of hydrogen-bond acceptors (Lipinski definition) is 4. The Labute approximate surface area is 203 Å². The summed E-state index contributed by atoms with van der Waals surface area (Å²) in [6.07, 6.45) is 6.03. The van der Waals surface area contributed by atoms with Crippen molar-refractivity contribution in [1.82, 2.24) is 10.2 Å². The van der Waals surface area contributed by atoms with Crippen LogP contribution in [0.3, 0.4) is 0 Å². The molecule has 4 saturated carbocycles. The molecule has 6 nitrogen and oxygen atoms in total. The summed E-state index contributed by atoms with van der Waals surface area (Å²) in [5, 5.41) is 14.3. The second-order valence-corrected chi connectivity index (χ2v) is 12.0. The van der Waals surface area contributed by atoms with Crippen molar-refractivity contribution in [2.45, 2.75) is 82.8 Å². The van der Waals surface area contributed by atoms with E-state index in [9.17, 15) is 14.7 Å². The Kier molecular flexibility index (Phi) is 6.26. The van der Waals surface area contributed by atoms with Gasteiger partial charge in [-0.1, -0.05) is 23.8 Å². The fourth-order valence-corrected chi connectivity index (χ4v) is 7.27. The van der Waals surface area contributed by atoms with Gasteiger partial charge < -0.3 is 20.1 Å². The SMILES string of the molecule is Cc1cc(CCC(=O)N2CCOCC2)cc(C(C)(C)C(=O)NC2[C@@H]3CC4C[C@H]2CC(O)(C4)C3)c1. The van der Waals surface area contributed by atoms with E-state index in [0.717, 1.165) is 48.8 Å². The lowest BCUT2D eigenvalue weighted by atomic mass is 9.52. The molecule has 3 unspecified atom stereocenters. The second kappa shape index (κ2) is 8.94. The first-order chi connectivity index (χ1) is 16.1. The van der Waals surface area contributed by atoms with Crippen molar-refractivity contribution in [3.05, 3.63) is 34.9 Å². The fraction of sp³-hybridized carbons (Fsp3) is 0.714. The third-order valence-electron chi connectivity index (χ3n) is 8.96. The first-order valence-electron chi connectivity index (χ1n) is 13.1. The first kappa shape index (κ1) is 23.8. The number of aliphatic hydroxyl groups is 1. The minimum absolute atomic E-state index is 0.0675. The van der Waals surface area contributed by atoms with E-state index in [0.29, 0.717) is 56.9 Å². The van der Waals surface area contributed by atoms with Gasteiger partial charge in [0, 0.05) is 25.6 Å². The van der Waals surface area contributed by atoms with E-state index in [1.807, 2.05) is 18.7 Å². The summed E-state index contributed by atoms with van der Waals surface area (Å²) < 4.78 is 5.35. The molecule has 1 aliphatic heterocycles. The van der Waals surface area contributed by atoms with Crippen LogP contribution >= 0.6 is 0 Å². The number of carbonyl (C=O) groups excluding carboxylic acids is 2. The van der Waals surface area contributed by atoms with Gasteiger partial charge in [-0.25, -0.2) is 0 Å². The van der Waals surface area contributed by atoms with Gasteiger partial charge in [0.25, 0.3) is 0 Å². The zero-order chi connectivity index (χ0) is 24.1. The molecule has 2 N–H and O–H groups in total. The van der Waals surface area contributed by atoms with Crippen LogP contribution in [-0.2, 0) is 26.2 Å². The van der Waals surface area contributed by atoms with Crippen molar-refractivity contribution in [2.24, 2.45) is 17.8 Å². The zero-order valence-electron chi connectivity index (χ0n) is 20.9. The van der Waals surface area contributed by atoms with Crippen molar-refractivity contribution in [3.8, 4) is 0 Å². The largest absolute Gasteiger partial charge is 0.390 e. The summed E-state index contributed by atoms with van der Waals surface area (Å²) in [5.74, 6) is 1.67. The Bertz CT molecular complexity index is 936. The third kappa shape index (κ3) is 4.64. The molecule has 1 aromatic rings. The number of benzene rings is 1. The zero-order valence-corrected chi connectivity index (χ0v) is 20.9. The molecule has 1 saturated heterocycles. The van der Waals surface area contributed by atoms with E-state index in [1.54, 1.807) is 0 Å². The highest BCUT2D eigenvalue weighted by molar-refractivity contribution is 5.87. The molecule has 5 fully saturated rings. The molecule has 34 heavy (non-hydrogen) atoms. The van der Waals surface area contributed by atoms with Gasteiger partial charge in [-0.15, -0.1) is 0 Å². The van der Waals surface area contributed by atoms with Gasteiger partial charge in [0.05, 0.1) is 24.2 Å². The fourth-order valence-electron chi connectivity index (χ4n) is 7.27. The third-order valence-corrected chi connectivity index (χ3v) is 8.96. The van der Waals surface area contributed by atoms with E-state index >= 15 is 0 Å². The van der Waals surface area contributed by atoms with Gasteiger partial charge in [0.1, 0.15) is 0 Å². The van der Waals surface area contributed by atoms with Crippen LogP contribution < -0.4 is 5.32 Å². The monoisotopic (exact) mass is 468 g/mol. The number of rotatable bonds is 6. The van der Waals surface area contributed by atoms with Gasteiger partial charge in [0.15, 0.2) is 0 Å². The quantitative estimate of drug-likeness (QED) is 0.672. The van der Waals surface area contributed by atoms with Gasteiger partial charge in [-0.05, 0) is 88.2 Å². The summed E-state index contributed by atoms with van der Waals surface area (Å²) in [4.78, 5) is 28.1. The molecule has 186 valence electrons. The Morgan fingerprint density at radius 2 is 1.79 bits per heavy atom. The van der Waals surface area contributed by atoms with E-state index in [2.05, 4.69) is 30.4 Å². The lowest BCUT2D eigenvalue weighted by Crippen LogP contribution is -2.62. The number of carbonyl (C=O) groups is 2. The minimum atomic E-state index is -0.666. The van der Waals surface area contributed by atoms with Gasteiger partial charge in [-0.2, -0.15) is 0 Å². The highest BCUT2D eigenvalue weighted by Gasteiger charge is 2.55. The van der Waals surface area contributed by atoms with Crippen LogP contribution in [0.5, 0.6) is 0 Å². The molecule has 4 aliphatic carbocycles. The van der Waals surface area contributed by atoms with E-state index in [4.69, 9.17) is 4.74 Å². The van der Waals surface area contributed by atoms with Crippen LogP contribution in [-0.4, -0.2) is 59.8 Å². The molecular formula is C28H40N2O4. The molecule has 5 atom stereocenters. The van der Waals surface area contributed by atoms with E-state index < -0.39 is 11.0 Å². The molecule has 6 heteroatoms. The molecular weight excluding hydrogens is 428 g/mol. The molecule has 1 aromatic carbocycles. The standard InChI is InChI=1S/C28H40N2O4/c1-18-10-19(4-5-24(31)30-6-8-34-9-7-30)14-23(11-18)27(2,3)26(32)29-25-21-12-20-13-22(25)17-28(33,15-20)16-21/h10-11,14,20-22,25,33H,4-9,12-13,15-17H2,1-3H3,(H,29,32)/t20?,21-,22+,25?,28?. The van der Waals surface area contributed by atoms with Crippen LogP contribution in [0.2, 0.25) is 0 Å². The maximum absolute atomic E-state index is 13.6. The molecule has 1 heterocycles. The normalized spacial score (nSPS) is 32.6. The number of ether oxygens (including phenoxy) is 1. The van der Waals surface area contributed by atoms with Crippen molar-refractivity contribution in [1.29, 1.82) is 0 Å². The number of aryl methyl sites for hydroxylation is 2. The van der Waals surface area contributed by atoms with Crippen molar-refractivity contribution >= 4 is 11.8 Å². The van der Waals surface area contributed by atoms with Gasteiger partial charge >= 0.3 is 0 Å². The second-order valence-electron chi connectivity index (χ2n) is 12.0.